The van der Waals surface area contributed by atoms with Crippen LogP contribution in [0.15, 0.2) is 54.8 Å². The maximum absolute atomic E-state index is 13.3. The highest BCUT2D eigenvalue weighted by atomic mass is 19.1. The number of hydrogen-bond acceptors (Lipinski definition) is 8. The molecule has 0 radical (unpaired) electrons. The van der Waals surface area contributed by atoms with Gasteiger partial charge in [-0.05, 0) is 68.1 Å². The Labute approximate surface area is 236 Å². The van der Waals surface area contributed by atoms with E-state index in [1.807, 2.05) is 6.92 Å². The Bertz CT molecular complexity index is 1090. The minimum absolute atomic E-state index is 0.0435. The molecule has 3 rings (SSSR count). The molecule has 0 bridgehead atoms. The Morgan fingerprint density at radius 3 is 1.93 bits per heavy atom. The van der Waals surface area contributed by atoms with Crippen LogP contribution in [0.2, 0.25) is 0 Å². The molecule has 1 aliphatic heterocycles. The van der Waals surface area contributed by atoms with E-state index in [1.165, 1.54) is 24.3 Å². The van der Waals surface area contributed by atoms with Gasteiger partial charge in [-0.2, -0.15) is 0 Å². The Hall–Kier alpha value is -3.87. The first kappa shape index (κ1) is 33.3. The molecule has 0 saturated carbocycles. The molecule has 2 aromatic rings. The first-order valence-electron chi connectivity index (χ1n) is 13.1. The standard InChI is InChI=1S/C25H29F2NO3.C4H6O6/c1-2-31-25(29)21-5-3-14-28(17-21)15-4-16-30-18-24(19-6-10-22(26)11-7-19)20-8-12-23(27)13-9-20;5-1(3(7)8)2(6)4(9)10/h6-13,18,21H,2-5,14-17H2,1H3;1-2,5-6H,(H,7,8)(H,9,10)/t21-;/m1./s1. The zero-order chi connectivity index (χ0) is 30.4. The van der Waals surface area contributed by atoms with E-state index >= 15 is 0 Å². The summed E-state index contributed by atoms with van der Waals surface area (Å²) in [6.07, 6.45) is -0.198. The number of nitrogens with zero attached hydrogens (tertiary/aromatic N) is 1. The number of esters is 1. The lowest BCUT2D eigenvalue weighted by atomic mass is 9.98. The predicted molar refractivity (Wildman–Crippen MR) is 144 cm³/mol. The van der Waals surface area contributed by atoms with Gasteiger partial charge in [0.1, 0.15) is 11.6 Å². The molecule has 0 spiro atoms. The summed E-state index contributed by atoms with van der Waals surface area (Å²) in [5.41, 5.74) is 2.35. The first-order chi connectivity index (χ1) is 19.5. The summed E-state index contributed by atoms with van der Waals surface area (Å²) in [5, 5.41) is 32.5. The quantitative estimate of drug-likeness (QED) is 0.168. The van der Waals surface area contributed by atoms with Gasteiger partial charge in [0.25, 0.3) is 0 Å². The van der Waals surface area contributed by atoms with Crippen molar-refractivity contribution in [3.05, 3.63) is 77.6 Å². The summed E-state index contributed by atoms with van der Waals surface area (Å²) in [4.78, 5) is 33.8. The third-order valence-electron chi connectivity index (χ3n) is 6.18. The van der Waals surface area contributed by atoms with Crippen molar-refractivity contribution in [1.82, 2.24) is 4.90 Å². The SMILES string of the molecule is CCOC(=O)[C@@H]1CCCN(CCCOC=C(c2ccc(F)cc2)c2ccc(F)cc2)C1.O=C(O)C(O)C(O)C(=O)O. The maximum Gasteiger partial charge on any atom is 0.335 e. The van der Waals surface area contributed by atoms with Gasteiger partial charge in [-0.25, -0.2) is 18.4 Å². The largest absolute Gasteiger partial charge is 0.500 e. The van der Waals surface area contributed by atoms with Crippen LogP contribution in [-0.4, -0.2) is 88.3 Å². The van der Waals surface area contributed by atoms with Crippen LogP contribution in [0.4, 0.5) is 8.78 Å². The molecule has 4 N–H and O–H groups in total. The fourth-order valence-corrected chi connectivity index (χ4v) is 4.06. The molecule has 0 aromatic heterocycles. The molecular formula is C29H35F2NO9. The number of carbonyl (C=O) groups is 3. The molecule has 10 nitrogen and oxygen atoms in total. The Morgan fingerprint density at radius 2 is 1.46 bits per heavy atom. The molecule has 2 unspecified atom stereocenters. The first-order valence-corrected chi connectivity index (χ1v) is 13.1. The number of aliphatic hydroxyl groups is 2. The minimum atomic E-state index is -2.27. The van der Waals surface area contributed by atoms with Crippen molar-refractivity contribution < 1.29 is 53.1 Å². The number of ether oxygens (including phenoxy) is 2. The van der Waals surface area contributed by atoms with Gasteiger partial charge >= 0.3 is 17.9 Å². The van der Waals surface area contributed by atoms with Gasteiger partial charge in [-0.1, -0.05) is 24.3 Å². The van der Waals surface area contributed by atoms with Gasteiger partial charge < -0.3 is 34.8 Å². The number of carboxylic acid groups (broad SMARTS) is 2. The fraction of sp³-hybridized carbons (Fsp3) is 0.414. The number of likely N-dealkylation sites (tertiary alicyclic amines) is 1. The van der Waals surface area contributed by atoms with E-state index in [4.69, 9.17) is 29.9 Å². The van der Waals surface area contributed by atoms with Crippen molar-refractivity contribution in [2.24, 2.45) is 5.92 Å². The van der Waals surface area contributed by atoms with E-state index < -0.39 is 24.1 Å². The highest BCUT2D eigenvalue weighted by molar-refractivity contribution is 5.83. The normalized spacial score (nSPS) is 16.4. The van der Waals surface area contributed by atoms with Crippen LogP contribution >= 0.6 is 0 Å². The summed E-state index contributed by atoms with van der Waals surface area (Å²) in [6, 6.07) is 12.3. The Balaban J connectivity index is 0.000000503. The van der Waals surface area contributed by atoms with Crippen LogP contribution in [0.5, 0.6) is 0 Å². The van der Waals surface area contributed by atoms with Crippen LogP contribution in [0.25, 0.3) is 5.57 Å². The van der Waals surface area contributed by atoms with Crippen molar-refractivity contribution in [2.45, 2.75) is 38.4 Å². The molecule has 0 amide bonds. The van der Waals surface area contributed by atoms with Gasteiger partial charge in [0.2, 0.25) is 0 Å². The second-order valence-corrected chi connectivity index (χ2v) is 9.23. The Kier molecular flexibility index (Phi) is 13.9. The van der Waals surface area contributed by atoms with E-state index in [9.17, 15) is 23.2 Å². The van der Waals surface area contributed by atoms with Crippen LogP contribution in [-0.2, 0) is 23.9 Å². The molecule has 1 aliphatic rings. The van der Waals surface area contributed by atoms with Crippen LogP contribution in [0.1, 0.15) is 37.3 Å². The van der Waals surface area contributed by atoms with Gasteiger partial charge in [0, 0.05) is 18.7 Å². The number of hydrogen-bond donors (Lipinski definition) is 4. The zero-order valence-electron chi connectivity index (χ0n) is 22.6. The van der Waals surface area contributed by atoms with Crippen molar-refractivity contribution in [1.29, 1.82) is 0 Å². The summed E-state index contributed by atoms with van der Waals surface area (Å²) in [6.45, 7) is 5.29. The highest BCUT2D eigenvalue weighted by Crippen LogP contribution is 2.24. The molecule has 0 aliphatic carbocycles. The van der Waals surface area contributed by atoms with E-state index in [2.05, 4.69) is 4.90 Å². The number of aliphatic hydroxyl groups excluding tert-OH is 2. The summed E-state index contributed by atoms with van der Waals surface area (Å²) in [5.74, 6) is -4.31. The van der Waals surface area contributed by atoms with Crippen molar-refractivity contribution >= 4 is 23.5 Å². The number of benzene rings is 2. The maximum atomic E-state index is 13.3. The van der Waals surface area contributed by atoms with Crippen LogP contribution < -0.4 is 0 Å². The lowest BCUT2D eigenvalue weighted by Crippen LogP contribution is -2.40. The second kappa shape index (κ2) is 17.1. The fourth-order valence-electron chi connectivity index (χ4n) is 4.06. The monoisotopic (exact) mass is 579 g/mol. The van der Waals surface area contributed by atoms with Crippen LogP contribution in [0.3, 0.4) is 0 Å². The summed E-state index contributed by atoms with van der Waals surface area (Å²) < 4.78 is 37.6. The Morgan fingerprint density at radius 1 is 0.951 bits per heavy atom. The average Bonchev–Trinajstić information content (AvgIpc) is 2.96. The molecule has 1 fully saturated rings. The van der Waals surface area contributed by atoms with Gasteiger partial charge in [0.15, 0.2) is 12.2 Å². The van der Waals surface area contributed by atoms with Crippen LogP contribution in [0, 0.1) is 17.6 Å². The lowest BCUT2D eigenvalue weighted by Gasteiger charge is -2.31. The van der Waals surface area contributed by atoms with Gasteiger partial charge in [-0.15, -0.1) is 0 Å². The molecule has 3 atom stereocenters. The van der Waals surface area contributed by atoms with E-state index in [0.717, 1.165) is 55.6 Å². The third kappa shape index (κ3) is 11.3. The molecular weight excluding hydrogens is 544 g/mol. The number of aliphatic carboxylic acids is 2. The summed E-state index contributed by atoms with van der Waals surface area (Å²) in [7, 11) is 0. The molecule has 1 saturated heterocycles. The van der Waals surface area contributed by atoms with E-state index in [-0.39, 0.29) is 23.5 Å². The molecule has 1 heterocycles. The lowest BCUT2D eigenvalue weighted by molar-refractivity contribution is -0.165. The number of carbonyl (C=O) groups excluding carboxylic acids is 1. The molecule has 224 valence electrons. The third-order valence-corrected chi connectivity index (χ3v) is 6.18. The zero-order valence-corrected chi connectivity index (χ0v) is 22.6. The second-order valence-electron chi connectivity index (χ2n) is 9.23. The van der Waals surface area contributed by atoms with E-state index in [1.54, 1.807) is 30.5 Å². The molecule has 12 heteroatoms. The topological polar surface area (TPSA) is 154 Å². The number of halogens is 2. The molecule has 41 heavy (non-hydrogen) atoms. The highest BCUT2D eigenvalue weighted by Gasteiger charge is 2.29. The van der Waals surface area contributed by atoms with Crippen molar-refractivity contribution in [3.63, 3.8) is 0 Å². The number of rotatable bonds is 12. The van der Waals surface area contributed by atoms with Crippen molar-refractivity contribution in [2.75, 3.05) is 32.8 Å². The van der Waals surface area contributed by atoms with Gasteiger partial charge in [0.05, 0.1) is 25.4 Å². The smallest absolute Gasteiger partial charge is 0.335 e. The minimum Gasteiger partial charge on any atom is -0.500 e. The number of carboxylic acids is 2. The van der Waals surface area contributed by atoms with Crippen molar-refractivity contribution in [3.8, 4) is 0 Å². The average molecular weight is 580 g/mol. The van der Waals surface area contributed by atoms with E-state index in [0.29, 0.717) is 13.2 Å². The molecule has 2 aromatic carbocycles. The number of piperidine rings is 1. The predicted octanol–water partition coefficient (Wildman–Crippen LogP) is 2.91. The van der Waals surface area contributed by atoms with Gasteiger partial charge in [-0.3, -0.25) is 4.79 Å². The summed E-state index contributed by atoms with van der Waals surface area (Å²) >= 11 is 0.